The molecule has 0 aromatic carbocycles. The van der Waals surface area contributed by atoms with Crippen molar-refractivity contribution in [3.63, 3.8) is 0 Å². The molecule has 4 nitrogen and oxygen atoms in total. The van der Waals surface area contributed by atoms with Crippen LogP contribution in [0.5, 0.6) is 0 Å². The molecule has 0 spiro atoms. The van der Waals surface area contributed by atoms with Gasteiger partial charge in [0.15, 0.2) is 0 Å². The van der Waals surface area contributed by atoms with Gasteiger partial charge in [-0.25, -0.2) is 0 Å². The van der Waals surface area contributed by atoms with Gasteiger partial charge >= 0.3 is 0 Å². The quantitative estimate of drug-likeness (QED) is 0.787. The Balaban J connectivity index is 2.69. The van der Waals surface area contributed by atoms with E-state index in [1.165, 1.54) is 0 Å². The molecule has 5 heteroatoms. The Hall–Kier alpha value is -1.36. The highest BCUT2D eigenvalue weighted by atomic mass is 32.1. The lowest BCUT2D eigenvalue weighted by atomic mass is 9.92. The fraction of sp³-hybridized carbons (Fsp3) is 0.455. The van der Waals surface area contributed by atoms with Crippen molar-refractivity contribution < 1.29 is 9.21 Å². The zero-order valence-corrected chi connectivity index (χ0v) is 10.4. The second kappa shape index (κ2) is 4.65. The first kappa shape index (κ1) is 12.7. The third-order valence-electron chi connectivity index (χ3n) is 2.50. The van der Waals surface area contributed by atoms with Crippen LogP contribution in [0.3, 0.4) is 0 Å². The molecule has 1 aromatic heterocycles. The summed E-state index contributed by atoms with van der Waals surface area (Å²) in [6.07, 6.45) is 1.57. The van der Waals surface area contributed by atoms with Gasteiger partial charge < -0.3 is 15.5 Å². The van der Waals surface area contributed by atoms with Crippen LogP contribution in [0, 0.1) is 5.41 Å². The molecule has 0 fully saturated rings. The van der Waals surface area contributed by atoms with Gasteiger partial charge in [-0.3, -0.25) is 4.79 Å². The molecule has 88 valence electrons. The van der Waals surface area contributed by atoms with Gasteiger partial charge in [0.25, 0.3) is 0 Å². The number of rotatable bonds is 4. The molecule has 1 unspecified atom stereocenters. The normalized spacial score (nSPS) is 13.2. The van der Waals surface area contributed by atoms with Crippen molar-refractivity contribution in [1.82, 2.24) is 5.32 Å². The molecule has 0 radical (unpaired) electrons. The smallest absolute Gasteiger partial charge is 0.233 e. The van der Waals surface area contributed by atoms with Gasteiger partial charge in [-0.05, 0) is 32.9 Å². The molecule has 0 aliphatic rings. The summed E-state index contributed by atoms with van der Waals surface area (Å²) in [5.74, 6) is 0.496. The number of thiocarbonyl (C=S) groups is 1. The van der Waals surface area contributed by atoms with E-state index in [4.69, 9.17) is 22.4 Å². The van der Waals surface area contributed by atoms with E-state index in [1.54, 1.807) is 32.2 Å². The van der Waals surface area contributed by atoms with Crippen molar-refractivity contribution in [2.75, 3.05) is 0 Å². The number of nitrogens with two attached hydrogens (primary N) is 1. The summed E-state index contributed by atoms with van der Waals surface area (Å²) in [4.78, 5) is 12.1. The molecule has 1 heterocycles. The van der Waals surface area contributed by atoms with Gasteiger partial charge in [-0.15, -0.1) is 0 Å². The highest BCUT2D eigenvalue weighted by molar-refractivity contribution is 7.80. The van der Waals surface area contributed by atoms with Gasteiger partial charge in [0.2, 0.25) is 5.91 Å². The molecule has 0 saturated carbocycles. The van der Waals surface area contributed by atoms with Crippen LogP contribution in [0.15, 0.2) is 22.8 Å². The van der Waals surface area contributed by atoms with Crippen LogP contribution in [0.25, 0.3) is 0 Å². The van der Waals surface area contributed by atoms with Gasteiger partial charge in [0.1, 0.15) is 5.76 Å². The largest absolute Gasteiger partial charge is 0.467 e. The van der Waals surface area contributed by atoms with Gasteiger partial charge in [-0.1, -0.05) is 12.2 Å². The van der Waals surface area contributed by atoms with E-state index in [0.717, 1.165) is 0 Å². The molecular formula is C11H16N2O2S. The summed E-state index contributed by atoms with van der Waals surface area (Å²) in [5, 5.41) is 2.80. The molecule has 0 aliphatic carbocycles. The maximum Gasteiger partial charge on any atom is 0.233 e. The number of hydrogen-bond acceptors (Lipinski definition) is 3. The SMILES string of the molecule is CC(NC(=O)C(C)(C)C(N)=S)c1ccco1. The van der Waals surface area contributed by atoms with Crippen molar-refractivity contribution >= 4 is 23.1 Å². The van der Waals surface area contributed by atoms with Crippen LogP contribution in [-0.2, 0) is 4.79 Å². The topological polar surface area (TPSA) is 68.3 Å². The Labute approximate surface area is 100 Å². The van der Waals surface area contributed by atoms with E-state index in [9.17, 15) is 4.79 Å². The maximum atomic E-state index is 11.9. The Morgan fingerprint density at radius 3 is 2.69 bits per heavy atom. The first-order chi connectivity index (χ1) is 7.35. The molecule has 16 heavy (non-hydrogen) atoms. The Bertz CT molecular complexity index is 385. The van der Waals surface area contributed by atoms with Gasteiger partial charge in [-0.2, -0.15) is 0 Å². The molecule has 0 aliphatic heterocycles. The predicted molar refractivity (Wildman–Crippen MR) is 65.8 cm³/mol. The van der Waals surface area contributed by atoms with Crippen LogP contribution >= 0.6 is 12.2 Å². The van der Waals surface area contributed by atoms with Crippen LogP contribution < -0.4 is 11.1 Å². The minimum absolute atomic E-state index is 0.177. The lowest BCUT2D eigenvalue weighted by Gasteiger charge is -2.24. The third kappa shape index (κ3) is 2.61. The molecule has 0 bridgehead atoms. The molecule has 3 N–H and O–H groups in total. The average Bonchev–Trinajstić information content (AvgIpc) is 2.69. The van der Waals surface area contributed by atoms with Crippen molar-refractivity contribution in [2.45, 2.75) is 26.8 Å². The molecule has 1 rings (SSSR count). The Kier molecular flexibility index (Phi) is 3.70. The second-order valence-corrected chi connectivity index (χ2v) is 4.64. The van der Waals surface area contributed by atoms with E-state index < -0.39 is 5.41 Å². The number of carbonyl (C=O) groups excluding carboxylic acids is 1. The highest BCUT2D eigenvalue weighted by Gasteiger charge is 2.32. The summed E-state index contributed by atoms with van der Waals surface area (Å²) in [6, 6.07) is 3.38. The Morgan fingerprint density at radius 2 is 2.25 bits per heavy atom. The Morgan fingerprint density at radius 1 is 1.62 bits per heavy atom. The standard InChI is InChI=1S/C11H16N2O2S/c1-7(8-5-4-6-15-8)13-10(14)11(2,3)9(12)16/h4-7H,1-3H3,(H2,12,16)(H,13,14). The van der Waals surface area contributed by atoms with Gasteiger partial charge in [0, 0.05) is 0 Å². The first-order valence-electron chi connectivity index (χ1n) is 5.00. The van der Waals surface area contributed by atoms with Crippen LogP contribution in [-0.4, -0.2) is 10.9 Å². The van der Waals surface area contributed by atoms with E-state index in [1.807, 2.05) is 6.92 Å². The average molecular weight is 240 g/mol. The summed E-state index contributed by atoms with van der Waals surface area (Å²) in [5.41, 5.74) is 4.66. The molecule has 1 amide bonds. The van der Waals surface area contributed by atoms with Gasteiger partial charge in [0.05, 0.1) is 22.7 Å². The van der Waals surface area contributed by atoms with Crippen molar-refractivity contribution in [1.29, 1.82) is 0 Å². The van der Waals surface area contributed by atoms with E-state index >= 15 is 0 Å². The van der Waals surface area contributed by atoms with Crippen LogP contribution in [0.2, 0.25) is 0 Å². The first-order valence-corrected chi connectivity index (χ1v) is 5.41. The number of amides is 1. The number of hydrogen-bond donors (Lipinski definition) is 2. The van der Waals surface area contributed by atoms with Crippen LogP contribution in [0.4, 0.5) is 0 Å². The van der Waals surface area contributed by atoms with E-state index in [-0.39, 0.29) is 16.9 Å². The zero-order chi connectivity index (χ0) is 12.3. The van der Waals surface area contributed by atoms with E-state index in [0.29, 0.717) is 5.76 Å². The fourth-order valence-electron chi connectivity index (χ4n) is 1.10. The monoisotopic (exact) mass is 240 g/mol. The number of carbonyl (C=O) groups is 1. The predicted octanol–water partition coefficient (Wildman–Crippen LogP) is 1.77. The summed E-state index contributed by atoms with van der Waals surface area (Å²) in [6.45, 7) is 5.23. The number of nitrogens with one attached hydrogen (secondary N) is 1. The molecular weight excluding hydrogens is 224 g/mol. The summed E-state index contributed by atoms with van der Waals surface area (Å²) < 4.78 is 5.19. The second-order valence-electron chi connectivity index (χ2n) is 4.20. The third-order valence-corrected chi connectivity index (χ3v) is 3.01. The van der Waals surface area contributed by atoms with E-state index in [2.05, 4.69) is 5.32 Å². The fourth-order valence-corrected chi connectivity index (χ4v) is 1.19. The van der Waals surface area contributed by atoms with Crippen molar-refractivity contribution in [3.8, 4) is 0 Å². The van der Waals surface area contributed by atoms with Crippen LogP contribution in [0.1, 0.15) is 32.6 Å². The zero-order valence-electron chi connectivity index (χ0n) is 9.61. The number of furan rings is 1. The maximum absolute atomic E-state index is 11.9. The minimum atomic E-state index is -0.851. The molecule has 0 saturated heterocycles. The molecule has 1 aromatic rings. The summed E-state index contributed by atoms with van der Waals surface area (Å²) in [7, 11) is 0. The lowest BCUT2D eigenvalue weighted by Crippen LogP contribution is -2.45. The highest BCUT2D eigenvalue weighted by Crippen LogP contribution is 2.19. The molecule has 1 atom stereocenters. The van der Waals surface area contributed by atoms with Crippen molar-refractivity contribution in [2.24, 2.45) is 11.1 Å². The minimum Gasteiger partial charge on any atom is -0.467 e. The van der Waals surface area contributed by atoms with Crippen molar-refractivity contribution in [3.05, 3.63) is 24.2 Å². The summed E-state index contributed by atoms with van der Waals surface area (Å²) >= 11 is 4.85. The lowest BCUT2D eigenvalue weighted by molar-refractivity contribution is -0.127.